The molecule has 0 aromatic heterocycles. The molecule has 2 amide bonds. The smallest absolute Gasteiger partial charge is 0.293 e. The molecule has 0 bridgehead atoms. The Morgan fingerprint density at radius 3 is 2.45 bits per heavy atom. The van der Waals surface area contributed by atoms with E-state index in [0.29, 0.717) is 13.0 Å². The Morgan fingerprint density at radius 2 is 1.82 bits per heavy atom. The maximum absolute atomic E-state index is 12.7. The van der Waals surface area contributed by atoms with Gasteiger partial charge >= 0.3 is 0 Å². The normalized spacial score (nSPS) is 23.8. The third kappa shape index (κ3) is 4.21. The summed E-state index contributed by atoms with van der Waals surface area (Å²) < 4.78 is 4.78. The van der Waals surface area contributed by atoms with Crippen LogP contribution in [0.5, 0.6) is 0 Å². The van der Waals surface area contributed by atoms with Gasteiger partial charge in [-0.25, -0.2) is 0 Å². The van der Waals surface area contributed by atoms with Gasteiger partial charge < -0.3 is 14.5 Å². The average Bonchev–Trinajstić information content (AvgIpc) is 2.82. The summed E-state index contributed by atoms with van der Waals surface area (Å²) >= 11 is 0. The predicted octanol–water partition coefficient (Wildman–Crippen LogP) is 1.33. The number of rotatable bonds is 5. The quantitative estimate of drug-likeness (QED) is 0.719. The Morgan fingerprint density at radius 1 is 1.14 bits per heavy atom. The molecule has 2 aliphatic heterocycles. The molecule has 2 unspecified atom stereocenters. The molecule has 0 aliphatic carbocycles. The number of likely N-dealkylation sites (tertiary alicyclic amines) is 2. The van der Waals surface area contributed by atoms with Crippen LogP contribution in [-0.2, 0) is 19.1 Å². The number of carbonyl (C=O) groups excluding carboxylic acids is 3. The first-order valence-electron chi connectivity index (χ1n) is 8.31. The van der Waals surface area contributed by atoms with E-state index in [4.69, 9.17) is 4.74 Å². The van der Waals surface area contributed by atoms with Crippen molar-refractivity contribution in [2.24, 2.45) is 0 Å². The minimum Gasteiger partial charge on any atom is -0.464 e. The summed E-state index contributed by atoms with van der Waals surface area (Å²) in [4.78, 5) is 39.0. The van der Waals surface area contributed by atoms with Crippen LogP contribution in [0.25, 0.3) is 0 Å². The molecule has 2 heterocycles. The number of nitrogens with zero attached hydrogens (tertiary/aromatic N) is 2. The van der Waals surface area contributed by atoms with E-state index in [1.165, 1.54) is 12.8 Å². The minimum atomic E-state index is -0.445. The second kappa shape index (κ2) is 8.15. The van der Waals surface area contributed by atoms with Crippen molar-refractivity contribution in [2.75, 3.05) is 19.6 Å². The lowest BCUT2D eigenvalue weighted by molar-refractivity contribution is -0.146. The van der Waals surface area contributed by atoms with Crippen LogP contribution >= 0.6 is 0 Å². The van der Waals surface area contributed by atoms with Gasteiger partial charge in [0.15, 0.2) is 0 Å². The highest BCUT2D eigenvalue weighted by Gasteiger charge is 2.36. The molecule has 2 atom stereocenters. The van der Waals surface area contributed by atoms with E-state index in [-0.39, 0.29) is 24.3 Å². The van der Waals surface area contributed by atoms with Crippen molar-refractivity contribution in [2.45, 2.75) is 64.0 Å². The molecule has 124 valence electrons. The topological polar surface area (TPSA) is 66.9 Å². The van der Waals surface area contributed by atoms with Gasteiger partial charge in [0, 0.05) is 19.6 Å². The number of carbonyl (C=O) groups is 3. The van der Waals surface area contributed by atoms with Crippen molar-refractivity contribution in [3.05, 3.63) is 0 Å². The van der Waals surface area contributed by atoms with Crippen LogP contribution in [0.3, 0.4) is 0 Å². The van der Waals surface area contributed by atoms with Crippen LogP contribution in [0.2, 0.25) is 0 Å². The van der Waals surface area contributed by atoms with Gasteiger partial charge in [0.25, 0.3) is 6.47 Å². The van der Waals surface area contributed by atoms with Gasteiger partial charge in [0.1, 0.15) is 12.1 Å². The molecule has 2 fully saturated rings. The molecule has 22 heavy (non-hydrogen) atoms. The standard InChI is InChI=1S/C16H26N2O4/c1-13(22-12-19)11-15(20)18-10-6-7-14(18)16(21)17-8-4-2-3-5-9-17/h12-14H,2-11H2,1H3. The number of ether oxygens (including phenoxy) is 1. The molecular weight excluding hydrogens is 284 g/mol. The fourth-order valence-electron chi connectivity index (χ4n) is 3.33. The Balaban J connectivity index is 1.95. The lowest BCUT2D eigenvalue weighted by Gasteiger charge is -2.30. The van der Waals surface area contributed by atoms with Crippen LogP contribution in [-0.4, -0.2) is 59.9 Å². The summed E-state index contributed by atoms with van der Waals surface area (Å²) in [6, 6.07) is -0.325. The minimum absolute atomic E-state index is 0.0942. The fraction of sp³-hybridized carbons (Fsp3) is 0.812. The van der Waals surface area contributed by atoms with E-state index in [1.807, 2.05) is 4.90 Å². The zero-order chi connectivity index (χ0) is 15.9. The highest BCUT2D eigenvalue weighted by atomic mass is 16.5. The van der Waals surface area contributed by atoms with Crippen LogP contribution in [0.1, 0.15) is 51.9 Å². The molecule has 2 rings (SSSR count). The van der Waals surface area contributed by atoms with Crippen molar-refractivity contribution in [3.63, 3.8) is 0 Å². The zero-order valence-electron chi connectivity index (χ0n) is 13.3. The molecule has 0 radical (unpaired) electrons. The lowest BCUT2D eigenvalue weighted by Crippen LogP contribution is -2.48. The fourth-order valence-corrected chi connectivity index (χ4v) is 3.33. The highest BCUT2D eigenvalue weighted by Crippen LogP contribution is 2.22. The van der Waals surface area contributed by atoms with Crippen LogP contribution < -0.4 is 0 Å². The second-order valence-electron chi connectivity index (χ2n) is 6.23. The molecule has 0 aromatic rings. The van der Waals surface area contributed by atoms with E-state index in [2.05, 4.69) is 0 Å². The maximum Gasteiger partial charge on any atom is 0.293 e. The largest absolute Gasteiger partial charge is 0.464 e. The van der Waals surface area contributed by atoms with Gasteiger partial charge in [0.2, 0.25) is 11.8 Å². The van der Waals surface area contributed by atoms with Gasteiger partial charge in [0.05, 0.1) is 6.42 Å². The first-order chi connectivity index (χ1) is 10.6. The Labute approximate surface area is 131 Å². The predicted molar refractivity (Wildman–Crippen MR) is 81.0 cm³/mol. The summed E-state index contributed by atoms with van der Waals surface area (Å²) in [6.07, 6.45) is 5.76. The van der Waals surface area contributed by atoms with Crippen molar-refractivity contribution in [1.29, 1.82) is 0 Å². The van der Waals surface area contributed by atoms with Gasteiger partial charge in [-0.2, -0.15) is 0 Å². The number of hydrogen-bond donors (Lipinski definition) is 0. The summed E-state index contributed by atoms with van der Waals surface area (Å²) in [7, 11) is 0. The van der Waals surface area contributed by atoms with E-state index in [1.54, 1.807) is 11.8 Å². The van der Waals surface area contributed by atoms with Gasteiger partial charge in [-0.15, -0.1) is 0 Å². The molecule has 6 heteroatoms. The van der Waals surface area contributed by atoms with Crippen LogP contribution in [0, 0.1) is 0 Å². The number of amides is 2. The van der Waals surface area contributed by atoms with Crippen LogP contribution in [0.4, 0.5) is 0 Å². The summed E-state index contributed by atoms with van der Waals surface area (Å²) in [5.41, 5.74) is 0. The molecule has 2 aliphatic rings. The summed E-state index contributed by atoms with van der Waals surface area (Å²) in [5.74, 6) is -0.00303. The Bertz CT molecular complexity index is 405. The van der Waals surface area contributed by atoms with Crippen molar-refractivity contribution < 1.29 is 19.1 Å². The summed E-state index contributed by atoms with van der Waals surface area (Å²) in [6.45, 7) is 4.29. The average molecular weight is 310 g/mol. The Hall–Kier alpha value is -1.59. The molecule has 6 nitrogen and oxygen atoms in total. The van der Waals surface area contributed by atoms with E-state index in [9.17, 15) is 14.4 Å². The van der Waals surface area contributed by atoms with Gasteiger partial charge in [-0.1, -0.05) is 12.8 Å². The molecule has 0 N–H and O–H groups in total. The van der Waals surface area contributed by atoms with E-state index >= 15 is 0 Å². The molecule has 0 saturated carbocycles. The monoisotopic (exact) mass is 310 g/mol. The molecule has 0 aromatic carbocycles. The van der Waals surface area contributed by atoms with E-state index in [0.717, 1.165) is 38.8 Å². The summed E-state index contributed by atoms with van der Waals surface area (Å²) in [5, 5.41) is 0. The molecular formula is C16H26N2O4. The highest BCUT2D eigenvalue weighted by molar-refractivity contribution is 5.88. The van der Waals surface area contributed by atoms with Crippen LogP contribution in [0.15, 0.2) is 0 Å². The van der Waals surface area contributed by atoms with Crippen molar-refractivity contribution in [3.8, 4) is 0 Å². The third-order valence-corrected chi connectivity index (χ3v) is 4.53. The molecule has 0 spiro atoms. The lowest BCUT2D eigenvalue weighted by atomic mass is 10.1. The molecule has 2 saturated heterocycles. The van der Waals surface area contributed by atoms with Crippen molar-refractivity contribution >= 4 is 18.3 Å². The first kappa shape index (κ1) is 16.8. The SMILES string of the molecule is CC(CC(=O)N1CCCC1C(=O)N1CCCCCC1)OC=O. The van der Waals surface area contributed by atoms with Gasteiger partial charge in [-0.05, 0) is 32.6 Å². The Kier molecular flexibility index (Phi) is 6.21. The second-order valence-corrected chi connectivity index (χ2v) is 6.23. The van der Waals surface area contributed by atoms with Gasteiger partial charge in [-0.3, -0.25) is 14.4 Å². The van der Waals surface area contributed by atoms with E-state index < -0.39 is 6.10 Å². The zero-order valence-corrected chi connectivity index (χ0v) is 13.3. The number of hydrogen-bond acceptors (Lipinski definition) is 4. The maximum atomic E-state index is 12.7. The third-order valence-electron chi connectivity index (χ3n) is 4.53. The van der Waals surface area contributed by atoms with Crippen molar-refractivity contribution in [1.82, 2.24) is 9.80 Å². The first-order valence-corrected chi connectivity index (χ1v) is 8.31.